The Bertz CT molecular complexity index is 611. The number of anilines is 1. The molecule has 0 radical (unpaired) electrons. The zero-order chi connectivity index (χ0) is 15.4. The van der Waals surface area contributed by atoms with Crippen LogP contribution in [0.25, 0.3) is 0 Å². The first-order valence-corrected chi connectivity index (χ1v) is 7.85. The van der Waals surface area contributed by atoms with E-state index in [0.29, 0.717) is 16.9 Å². The zero-order valence-electron chi connectivity index (χ0n) is 12.9. The molecule has 0 bridgehead atoms. The Hall–Kier alpha value is -1.75. The summed E-state index contributed by atoms with van der Waals surface area (Å²) in [6.07, 6.45) is 1.03. The van der Waals surface area contributed by atoms with Crippen LogP contribution in [0.1, 0.15) is 31.4 Å². The second-order valence-corrected chi connectivity index (χ2v) is 6.22. The number of nitrogen functional groups attached to an aromatic ring is 1. The average Bonchev–Trinajstić information content (AvgIpc) is 2.36. The van der Waals surface area contributed by atoms with Crippen molar-refractivity contribution in [1.82, 2.24) is 9.97 Å². The maximum Gasteiger partial charge on any atom is 0.219 e. The molecule has 1 aromatic carbocycles. The fourth-order valence-electron chi connectivity index (χ4n) is 1.91. The summed E-state index contributed by atoms with van der Waals surface area (Å²) in [5.41, 5.74) is 8.29. The van der Waals surface area contributed by atoms with E-state index in [2.05, 4.69) is 48.9 Å². The molecule has 0 spiro atoms. The van der Waals surface area contributed by atoms with Crippen LogP contribution < -0.4 is 10.5 Å². The molecule has 1 unspecified atom stereocenters. The largest absolute Gasteiger partial charge is 0.475 e. The van der Waals surface area contributed by atoms with Gasteiger partial charge in [0.2, 0.25) is 5.88 Å². The Balaban J connectivity index is 2.23. The monoisotopic (exact) mass is 303 g/mol. The predicted octanol–water partition coefficient (Wildman–Crippen LogP) is 4.00. The van der Waals surface area contributed by atoms with Gasteiger partial charge in [0, 0.05) is 11.0 Å². The molecule has 2 aromatic rings. The van der Waals surface area contributed by atoms with Crippen molar-refractivity contribution >= 4 is 17.6 Å². The van der Waals surface area contributed by atoms with Crippen LogP contribution in [0.4, 0.5) is 5.82 Å². The van der Waals surface area contributed by atoms with Crippen LogP contribution in [0.5, 0.6) is 5.88 Å². The van der Waals surface area contributed by atoms with Gasteiger partial charge in [-0.1, -0.05) is 13.0 Å². The lowest BCUT2D eigenvalue weighted by Crippen LogP contribution is -2.11. The van der Waals surface area contributed by atoms with E-state index in [9.17, 15) is 0 Å². The number of aryl methyl sites for hydroxylation is 2. The minimum absolute atomic E-state index is 0.110. The highest BCUT2D eigenvalue weighted by Crippen LogP contribution is 2.28. The summed E-state index contributed by atoms with van der Waals surface area (Å²) in [5, 5.41) is 0.610. The second kappa shape index (κ2) is 6.80. The van der Waals surface area contributed by atoms with Crippen LogP contribution >= 0.6 is 11.8 Å². The van der Waals surface area contributed by atoms with E-state index in [4.69, 9.17) is 10.5 Å². The molecule has 112 valence electrons. The summed E-state index contributed by atoms with van der Waals surface area (Å²) < 4.78 is 5.73. The lowest BCUT2D eigenvalue weighted by molar-refractivity contribution is 0.207. The highest BCUT2D eigenvalue weighted by Gasteiger charge is 2.09. The summed E-state index contributed by atoms with van der Waals surface area (Å²) in [6.45, 7) is 8.24. The molecule has 1 aromatic heterocycles. The van der Waals surface area contributed by atoms with Gasteiger partial charge in [0.05, 0.1) is 6.10 Å². The SMILES string of the molecule is CCC(C)Oc1cc(N)nc(Sc2cc(C)cc(C)c2)n1. The topological polar surface area (TPSA) is 61.0 Å². The van der Waals surface area contributed by atoms with Crippen molar-refractivity contribution in [2.24, 2.45) is 0 Å². The number of hydrogen-bond donors (Lipinski definition) is 1. The van der Waals surface area contributed by atoms with Gasteiger partial charge in [-0.3, -0.25) is 0 Å². The van der Waals surface area contributed by atoms with Crippen molar-refractivity contribution in [2.45, 2.75) is 50.3 Å². The number of nitrogens with zero attached hydrogens (tertiary/aromatic N) is 2. The number of aromatic nitrogens is 2. The maximum absolute atomic E-state index is 5.85. The minimum Gasteiger partial charge on any atom is -0.475 e. The molecule has 0 aliphatic carbocycles. The molecule has 0 aliphatic heterocycles. The highest BCUT2D eigenvalue weighted by molar-refractivity contribution is 7.99. The molecule has 2 N–H and O–H groups in total. The first kappa shape index (κ1) is 15.6. The quantitative estimate of drug-likeness (QED) is 0.846. The summed E-state index contributed by atoms with van der Waals surface area (Å²) in [4.78, 5) is 9.80. The smallest absolute Gasteiger partial charge is 0.219 e. The highest BCUT2D eigenvalue weighted by atomic mass is 32.2. The van der Waals surface area contributed by atoms with Gasteiger partial charge in [-0.2, -0.15) is 4.98 Å². The van der Waals surface area contributed by atoms with Gasteiger partial charge in [0.1, 0.15) is 5.82 Å². The van der Waals surface area contributed by atoms with Crippen LogP contribution in [0.2, 0.25) is 0 Å². The van der Waals surface area contributed by atoms with Gasteiger partial charge >= 0.3 is 0 Å². The molecule has 0 aliphatic rings. The average molecular weight is 303 g/mol. The van der Waals surface area contributed by atoms with Gasteiger partial charge in [0.25, 0.3) is 0 Å². The van der Waals surface area contributed by atoms with Crippen LogP contribution in [0.15, 0.2) is 34.3 Å². The third-order valence-electron chi connectivity index (χ3n) is 3.00. The summed E-state index contributed by atoms with van der Waals surface area (Å²) in [6, 6.07) is 8.03. The molecule has 0 saturated carbocycles. The van der Waals surface area contributed by atoms with Gasteiger partial charge in [-0.05, 0) is 62.2 Å². The summed E-state index contributed by atoms with van der Waals surface area (Å²) in [5.74, 6) is 0.957. The van der Waals surface area contributed by atoms with Crippen LogP contribution in [0.3, 0.4) is 0 Å². The van der Waals surface area contributed by atoms with Crippen molar-refractivity contribution < 1.29 is 4.74 Å². The number of nitrogens with two attached hydrogens (primary N) is 1. The molecule has 5 heteroatoms. The van der Waals surface area contributed by atoms with E-state index in [1.807, 2.05) is 6.92 Å². The van der Waals surface area contributed by atoms with E-state index in [0.717, 1.165) is 11.3 Å². The van der Waals surface area contributed by atoms with E-state index >= 15 is 0 Å². The summed E-state index contributed by atoms with van der Waals surface area (Å²) in [7, 11) is 0. The maximum atomic E-state index is 5.85. The summed E-state index contributed by atoms with van der Waals surface area (Å²) >= 11 is 1.50. The van der Waals surface area contributed by atoms with Crippen molar-refractivity contribution in [3.05, 3.63) is 35.4 Å². The minimum atomic E-state index is 0.110. The second-order valence-electron chi connectivity index (χ2n) is 5.18. The molecule has 21 heavy (non-hydrogen) atoms. The van der Waals surface area contributed by atoms with Crippen molar-refractivity contribution in [3.63, 3.8) is 0 Å². The van der Waals surface area contributed by atoms with E-state index < -0.39 is 0 Å². The fourth-order valence-corrected chi connectivity index (χ4v) is 2.90. The number of benzene rings is 1. The predicted molar refractivity (Wildman–Crippen MR) is 86.9 cm³/mol. The fraction of sp³-hybridized carbons (Fsp3) is 0.375. The Labute approximate surface area is 130 Å². The third-order valence-corrected chi connectivity index (χ3v) is 3.84. The molecule has 0 amide bonds. The number of rotatable bonds is 5. The van der Waals surface area contributed by atoms with Gasteiger partial charge in [-0.15, -0.1) is 0 Å². The standard InChI is InChI=1S/C16H21N3OS/c1-5-12(4)20-15-9-14(17)18-16(19-15)21-13-7-10(2)6-11(3)8-13/h6-9,12H,5H2,1-4H3,(H2,17,18,19). The van der Waals surface area contributed by atoms with Gasteiger partial charge in [0.15, 0.2) is 5.16 Å². The normalized spacial score (nSPS) is 12.2. The Morgan fingerprint density at radius 1 is 1.14 bits per heavy atom. The van der Waals surface area contributed by atoms with Crippen molar-refractivity contribution in [3.8, 4) is 5.88 Å². The molecule has 1 heterocycles. The molecule has 1 atom stereocenters. The number of ether oxygens (including phenoxy) is 1. The Morgan fingerprint density at radius 3 is 2.43 bits per heavy atom. The van der Waals surface area contributed by atoms with E-state index in [-0.39, 0.29) is 6.10 Å². The van der Waals surface area contributed by atoms with Crippen molar-refractivity contribution in [2.75, 3.05) is 5.73 Å². The van der Waals surface area contributed by atoms with Crippen LogP contribution in [-0.4, -0.2) is 16.1 Å². The lowest BCUT2D eigenvalue weighted by Gasteiger charge is -2.12. The van der Waals surface area contributed by atoms with Crippen molar-refractivity contribution in [1.29, 1.82) is 0 Å². The number of hydrogen-bond acceptors (Lipinski definition) is 5. The first-order chi connectivity index (χ1) is 9.96. The molecular weight excluding hydrogens is 282 g/mol. The molecular formula is C16H21N3OS. The lowest BCUT2D eigenvalue weighted by atomic mass is 10.2. The van der Waals surface area contributed by atoms with Gasteiger partial charge < -0.3 is 10.5 Å². The zero-order valence-corrected chi connectivity index (χ0v) is 13.7. The van der Waals surface area contributed by atoms with Gasteiger partial charge in [-0.25, -0.2) is 4.98 Å². The van der Waals surface area contributed by atoms with Crippen LogP contribution in [0, 0.1) is 13.8 Å². The molecule has 2 rings (SSSR count). The molecule has 0 fully saturated rings. The van der Waals surface area contributed by atoms with Crippen LogP contribution in [-0.2, 0) is 0 Å². The Morgan fingerprint density at radius 2 is 1.81 bits per heavy atom. The van der Waals surface area contributed by atoms with E-state index in [1.54, 1.807) is 6.07 Å². The third kappa shape index (κ3) is 4.63. The Kier molecular flexibility index (Phi) is 5.07. The molecule has 0 saturated heterocycles. The van der Waals surface area contributed by atoms with E-state index in [1.165, 1.54) is 22.9 Å². The first-order valence-electron chi connectivity index (χ1n) is 7.03. The molecule has 4 nitrogen and oxygen atoms in total.